The van der Waals surface area contributed by atoms with Crippen LogP contribution in [0.5, 0.6) is 0 Å². The lowest BCUT2D eigenvalue weighted by atomic mass is 9.92. The Morgan fingerprint density at radius 1 is 0.781 bits per heavy atom. The van der Waals surface area contributed by atoms with Crippen LogP contribution in [0.25, 0.3) is 0 Å². The SMILES string of the molecule is C=COCC(COC=C)C(CC)COCCSCCC(F)(F)C(F)(F)C(F)(F)C(F)(F)F. The van der Waals surface area contributed by atoms with Crippen molar-refractivity contribution in [2.45, 2.75) is 43.7 Å². The average molecular weight is 506 g/mol. The van der Waals surface area contributed by atoms with Gasteiger partial charge in [-0.1, -0.05) is 26.5 Å². The lowest BCUT2D eigenvalue weighted by molar-refractivity contribution is -0.396. The first-order chi connectivity index (χ1) is 14.7. The number of hydrogen-bond acceptors (Lipinski definition) is 4. The Labute approximate surface area is 185 Å². The molecule has 32 heavy (non-hydrogen) atoms. The fourth-order valence-corrected chi connectivity index (χ4v) is 3.35. The molecular weight excluding hydrogens is 479 g/mol. The minimum absolute atomic E-state index is 0.00692. The van der Waals surface area contributed by atoms with Gasteiger partial charge in [0.15, 0.2) is 0 Å². The summed E-state index contributed by atoms with van der Waals surface area (Å²) in [5, 5.41) is 0. The monoisotopic (exact) mass is 506 g/mol. The lowest BCUT2D eigenvalue weighted by Gasteiger charge is -2.33. The highest BCUT2D eigenvalue weighted by atomic mass is 32.2. The van der Waals surface area contributed by atoms with E-state index in [1.807, 2.05) is 6.92 Å². The van der Waals surface area contributed by atoms with Crippen LogP contribution >= 0.6 is 11.8 Å². The number of alkyl halides is 9. The molecule has 3 nitrogen and oxygen atoms in total. The molecule has 0 bridgehead atoms. The normalized spacial score (nSPS) is 14.3. The fraction of sp³-hybridized carbons (Fsp3) is 0.789. The van der Waals surface area contributed by atoms with E-state index in [9.17, 15) is 39.5 Å². The summed E-state index contributed by atoms with van der Waals surface area (Å²) in [6.07, 6.45) is -5.42. The van der Waals surface area contributed by atoms with Crippen molar-refractivity contribution in [3.63, 3.8) is 0 Å². The van der Waals surface area contributed by atoms with Gasteiger partial charge in [0.05, 0.1) is 32.3 Å². The molecule has 0 fully saturated rings. The molecule has 0 saturated heterocycles. The first-order valence-electron chi connectivity index (χ1n) is 9.50. The van der Waals surface area contributed by atoms with Crippen molar-refractivity contribution in [1.29, 1.82) is 0 Å². The quantitative estimate of drug-likeness (QED) is 0.120. The van der Waals surface area contributed by atoms with E-state index in [1.54, 1.807) is 0 Å². The van der Waals surface area contributed by atoms with E-state index in [1.165, 1.54) is 12.5 Å². The maximum atomic E-state index is 13.4. The van der Waals surface area contributed by atoms with Crippen LogP contribution in [-0.4, -0.2) is 61.9 Å². The summed E-state index contributed by atoms with van der Waals surface area (Å²) >= 11 is 0.669. The number of hydrogen-bond donors (Lipinski definition) is 0. The summed E-state index contributed by atoms with van der Waals surface area (Å²) in [7, 11) is 0. The van der Waals surface area contributed by atoms with Gasteiger partial charge in [0.2, 0.25) is 0 Å². The molecule has 0 aromatic carbocycles. The van der Waals surface area contributed by atoms with Gasteiger partial charge in [0.25, 0.3) is 0 Å². The number of rotatable bonds is 18. The maximum Gasteiger partial charge on any atom is 0.460 e. The van der Waals surface area contributed by atoms with Crippen LogP contribution < -0.4 is 0 Å². The summed E-state index contributed by atoms with van der Waals surface area (Å²) in [4.78, 5) is 0. The summed E-state index contributed by atoms with van der Waals surface area (Å²) in [6, 6.07) is 0. The highest BCUT2D eigenvalue weighted by Gasteiger charge is 2.81. The molecule has 0 aliphatic heterocycles. The van der Waals surface area contributed by atoms with Gasteiger partial charge in [-0.3, -0.25) is 0 Å². The molecule has 1 unspecified atom stereocenters. The van der Waals surface area contributed by atoms with Crippen LogP contribution in [0.3, 0.4) is 0 Å². The van der Waals surface area contributed by atoms with E-state index in [0.717, 1.165) is 0 Å². The zero-order chi connectivity index (χ0) is 25.1. The van der Waals surface area contributed by atoms with Gasteiger partial charge in [0.1, 0.15) is 0 Å². The number of thioether (sulfide) groups is 1. The van der Waals surface area contributed by atoms with E-state index < -0.39 is 36.1 Å². The Morgan fingerprint density at radius 3 is 1.75 bits per heavy atom. The van der Waals surface area contributed by atoms with Crippen LogP contribution in [0.2, 0.25) is 0 Å². The highest BCUT2D eigenvalue weighted by molar-refractivity contribution is 7.99. The fourth-order valence-electron chi connectivity index (χ4n) is 2.51. The van der Waals surface area contributed by atoms with Crippen LogP contribution in [0, 0.1) is 11.8 Å². The zero-order valence-electron chi connectivity index (χ0n) is 17.4. The molecule has 0 aromatic rings. The van der Waals surface area contributed by atoms with E-state index in [0.29, 0.717) is 31.4 Å². The molecular formula is C19H27F9O3S. The van der Waals surface area contributed by atoms with E-state index >= 15 is 0 Å². The largest absolute Gasteiger partial charge is 0.501 e. The first-order valence-corrected chi connectivity index (χ1v) is 10.7. The van der Waals surface area contributed by atoms with E-state index in [2.05, 4.69) is 13.2 Å². The van der Waals surface area contributed by atoms with E-state index in [4.69, 9.17) is 14.2 Å². The Morgan fingerprint density at radius 2 is 1.31 bits per heavy atom. The maximum absolute atomic E-state index is 13.4. The van der Waals surface area contributed by atoms with Crippen molar-refractivity contribution in [3.8, 4) is 0 Å². The number of halogens is 9. The highest BCUT2D eigenvalue weighted by Crippen LogP contribution is 2.54. The van der Waals surface area contributed by atoms with Crippen molar-refractivity contribution >= 4 is 11.8 Å². The van der Waals surface area contributed by atoms with Gasteiger partial charge in [-0.05, 0) is 11.7 Å². The molecule has 0 radical (unpaired) electrons. The molecule has 0 N–H and O–H groups in total. The standard InChI is InChI=1S/C19H27F9O3S/c1-4-14(15(12-29-5-2)13-30-6-3)11-31-8-10-32-9-7-16(20,21)17(22,23)18(24,25)19(26,27)28/h5-6,14-15H,2-4,7-13H2,1H3. The van der Waals surface area contributed by atoms with E-state index in [-0.39, 0.29) is 30.8 Å². The Bertz CT molecular complexity index is 545. The Kier molecular flexibility index (Phi) is 12.9. The Hall–Kier alpha value is -1.24. The van der Waals surface area contributed by atoms with Crippen LogP contribution in [0.1, 0.15) is 19.8 Å². The van der Waals surface area contributed by atoms with Gasteiger partial charge in [-0.15, -0.1) is 0 Å². The molecule has 0 aliphatic rings. The topological polar surface area (TPSA) is 27.7 Å². The molecule has 190 valence electrons. The van der Waals surface area contributed by atoms with Crippen molar-refractivity contribution in [1.82, 2.24) is 0 Å². The first kappa shape index (κ1) is 30.8. The third-order valence-electron chi connectivity index (χ3n) is 4.52. The van der Waals surface area contributed by atoms with Crippen molar-refractivity contribution in [2.24, 2.45) is 11.8 Å². The zero-order valence-corrected chi connectivity index (χ0v) is 18.2. The average Bonchev–Trinajstić information content (AvgIpc) is 2.69. The molecule has 13 heteroatoms. The minimum atomic E-state index is -6.85. The Balaban J connectivity index is 4.50. The molecule has 0 aliphatic carbocycles. The van der Waals surface area contributed by atoms with Crippen LogP contribution in [-0.2, 0) is 14.2 Å². The molecule has 1 atom stereocenters. The predicted octanol–water partition coefficient (Wildman–Crippen LogP) is 6.56. The lowest BCUT2D eigenvalue weighted by Crippen LogP contribution is -2.60. The molecule has 0 heterocycles. The second kappa shape index (κ2) is 13.5. The van der Waals surface area contributed by atoms with Gasteiger partial charge < -0.3 is 14.2 Å². The summed E-state index contributed by atoms with van der Waals surface area (Å²) in [5.74, 6) is -19.8. The minimum Gasteiger partial charge on any atom is -0.501 e. The molecule has 0 saturated carbocycles. The molecule has 0 rings (SSSR count). The second-order valence-corrected chi connectivity index (χ2v) is 7.94. The van der Waals surface area contributed by atoms with Gasteiger partial charge >= 0.3 is 23.9 Å². The molecule has 0 spiro atoms. The van der Waals surface area contributed by atoms with Crippen molar-refractivity contribution < 1.29 is 53.7 Å². The molecule has 0 aromatic heterocycles. The van der Waals surface area contributed by atoms with Crippen molar-refractivity contribution in [2.75, 3.05) is 37.9 Å². The smallest absolute Gasteiger partial charge is 0.460 e. The second-order valence-electron chi connectivity index (χ2n) is 6.72. The number of ether oxygens (including phenoxy) is 3. The predicted molar refractivity (Wildman–Crippen MR) is 103 cm³/mol. The third-order valence-corrected chi connectivity index (χ3v) is 5.47. The summed E-state index contributed by atoms with van der Waals surface area (Å²) in [6.45, 7) is 9.67. The van der Waals surface area contributed by atoms with Crippen molar-refractivity contribution in [3.05, 3.63) is 25.7 Å². The van der Waals surface area contributed by atoms with Gasteiger partial charge in [-0.25, -0.2) is 0 Å². The summed E-state index contributed by atoms with van der Waals surface area (Å²) < 4.78 is 131. The summed E-state index contributed by atoms with van der Waals surface area (Å²) in [5.41, 5.74) is 0. The van der Waals surface area contributed by atoms with Crippen LogP contribution in [0.4, 0.5) is 39.5 Å². The third kappa shape index (κ3) is 8.60. The molecule has 0 amide bonds. The van der Waals surface area contributed by atoms with Gasteiger partial charge in [-0.2, -0.15) is 51.3 Å². The van der Waals surface area contributed by atoms with Crippen LogP contribution in [0.15, 0.2) is 25.7 Å². The van der Waals surface area contributed by atoms with Gasteiger partial charge in [0, 0.05) is 24.7 Å².